The van der Waals surface area contributed by atoms with Crippen LogP contribution < -0.4 is 0 Å². The molecular weight excluding hydrogens is 259 g/mol. The summed E-state index contributed by atoms with van der Waals surface area (Å²) in [6, 6.07) is 0. The normalized spacial score (nSPS) is 9.91. The zero-order chi connectivity index (χ0) is 8.27. The second-order valence-electron chi connectivity index (χ2n) is 2.00. The highest BCUT2D eigenvalue weighted by Crippen LogP contribution is 2.02. The van der Waals surface area contributed by atoms with Gasteiger partial charge in [0.05, 0.1) is 4.43 Å². The van der Waals surface area contributed by atoms with E-state index in [-0.39, 0.29) is 6.54 Å². The second-order valence-corrected chi connectivity index (χ2v) is 2.76. The summed E-state index contributed by atoms with van der Waals surface area (Å²) in [7, 11) is 0. The molecule has 60 valence electrons. The molecule has 1 N–H and O–H groups in total. The Balaban J connectivity index is 2.76. The van der Waals surface area contributed by atoms with E-state index in [1.807, 2.05) is 0 Å². The summed E-state index contributed by atoms with van der Waals surface area (Å²) in [6.45, 7) is -0.00165. The maximum atomic E-state index is 10.3. The molecule has 0 saturated carbocycles. The molecule has 1 heterocycles. The number of carboxylic acids is 1. The quantitative estimate of drug-likeness (QED) is 0.653. The minimum Gasteiger partial charge on any atom is -0.480 e. The molecule has 0 radical (unpaired) electrons. The number of hydrogen-bond donors (Lipinski definition) is 1. The van der Waals surface area contributed by atoms with Gasteiger partial charge < -0.3 is 9.67 Å². The van der Waals surface area contributed by atoms with Gasteiger partial charge in [-0.3, -0.25) is 4.79 Å². The van der Waals surface area contributed by atoms with Crippen molar-refractivity contribution in [3.8, 4) is 0 Å². The fraction of sp³-hybridized carbons (Fsp3) is 0.333. The Bertz CT molecular complexity index is 259. The maximum absolute atomic E-state index is 10.3. The van der Waals surface area contributed by atoms with Gasteiger partial charge in [-0.25, -0.2) is 4.98 Å². The van der Waals surface area contributed by atoms with E-state index in [9.17, 15) is 4.79 Å². The summed E-state index contributed by atoms with van der Waals surface area (Å²) < 4.78 is 2.35. The highest BCUT2D eigenvalue weighted by atomic mass is 127. The number of imidazole rings is 1. The number of hydrogen-bond acceptors (Lipinski definition) is 2. The lowest BCUT2D eigenvalue weighted by Gasteiger charge is -1.99. The van der Waals surface area contributed by atoms with Crippen LogP contribution in [0.15, 0.2) is 12.4 Å². The van der Waals surface area contributed by atoms with Crippen molar-refractivity contribution in [3.63, 3.8) is 0 Å². The van der Waals surface area contributed by atoms with Crippen LogP contribution in [0.2, 0.25) is 0 Å². The molecule has 0 bridgehead atoms. The summed E-state index contributed by atoms with van der Waals surface area (Å²) in [5.74, 6) is -0.0397. The third-order valence-electron chi connectivity index (χ3n) is 1.23. The Kier molecular flexibility index (Phi) is 2.86. The maximum Gasteiger partial charge on any atom is 0.323 e. The molecule has 11 heavy (non-hydrogen) atoms. The van der Waals surface area contributed by atoms with E-state index in [2.05, 4.69) is 27.6 Å². The Morgan fingerprint density at radius 2 is 2.55 bits per heavy atom. The van der Waals surface area contributed by atoms with Crippen molar-refractivity contribution >= 4 is 28.6 Å². The summed E-state index contributed by atoms with van der Waals surface area (Å²) in [5, 5.41) is 8.45. The van der Waals surface area contributed by atoms with E-state index in [1.54, 1.807) is 17.0 Å². The first-order valence-corrected chi connectivity index (χ1v) is 4.54. The lowest BCUT2D eigenvalue weighted by molar-refractivity contribution is -0.137. The molecule has 0 aromatic carbocycles. The number of carbonyl (C=O) groups is 1. The number of rotatable bonds is 3. The monoisotopic (exact) mass is 266 g/mol. The van der Waals surface area contributed by atoms with Crippen LogP contribution in [0.25, 0.3) is 0 Å². The average molecular weight is 266 g/mol. The molecular formula is C6H7IN2O2. The SMILES string of the molecule is O=C(O)Cn1ccnc1CI. The van der Waals surface area contributed by atoms with Crippen molar-refractivity contribution in [1.82, 2.24) is 9.55 Å². The molecule has 0 aliphatic carbocycles. The fourth-order valence-electron chi connectivity index (χ4n) is 0.761. The number of aromatic nitrogens is 2. The van der Waals surface area contributed by atoms with E-state index in [0.717, 1.165) is 10.3 Å². The van der Waals surface area contributed by atoms with Gasteiger partial charge in [0, 0.05) is 12.4 Å². The van der Waals surface area contributed by atoms with Gasteiger partial charge in [-0.05, 0) is 0 Å². The Morgan fingerprint density at radius 3 is 3.09 bits per heavy atom. The van der Waals surface area contributed by atoms with Crippen molar-refractivity contribution in [2.24, 2.45) is 0 Å². The molecule has 0 fully saturated rings. The summed E-state index contributed by atoms with van der Waals surface area (Å²) >= 11 is 2.15. The minimum absolute atomic E-state index is 0.00165. The minimum atomic E-state index is -0.839. The van der Waals surface area contributed by atoms with Gasteiger partial charge in [0.1, 0.15) is 12.4 Å². The standard InChI is InChI=1S/C6H7IN2O2/c7-3-5-8-1-2-9(5)4-6(10)11/h1-2H,3-4H2,(H,10,11). The van der Waals surface area contributed by atoms with Gasteiger partial charge in [0.25, 0.3) is 0 Å². The molecule has 0 spiro atoms. The third kappa shape index (κ3) is 2.18. The number of aliphatic carboxylic acids is 1. The Hall–Kier alpha value is -0.590. The molecule has 1 aromatic rings. The van der Waals surface area contributed by atoms with Crippen LogP contribution in [-0.4, -0.2) is 20.6 Å². The lowest BCUT2D eigenvalue weighted by atomic mass is 10.6. The Morgan fingerprint density at radius 1 is 1.82 bits per heavy atom. The van der Waals surface area contributed by atoms with Gasteiger partial charge >= 0.3 is 5.97 Å². The van der Waals surface area contributed by atoms with Crippen molar-refractivity contribution in [1.29, 1.82) is 0 Å². The van der Waals surface area contributed by atoms with E-state index in [4.69, 9.17) is 5.11 Å². The highest BCUT2D eigenvalue weighted by Gasteiger charge is 2.03. The van der Waals surface area contributed by atoms with Crippen LogP contribution in [0, 0.1) is 0 Å². The van der Waals surface area contributed by atoms with Gasteiger partial charge in [0.2, 0.25) is 0 Å². The summed E-state index contributed by atoms with van der Waals surface area (Å²) in [6.07, 6.45) is 3.28. The zero-order valence-corrected chi connectivity index (χ0v) is 7.85. The molecule has 0 unspecified atom stereocenters. The summed E-state index contributed by atoms with van der Waals surface area (Å²) in [5.41, 5.74) is 0. The van der Waals surface area contributed by atoms with Crippen molar-refractivity contribution in [2.75, 3.05) is 0 Å². The van der Waals surface area contributed by atoms with E-state index >= 15 is 0 Å². The number of halogens is 1. The van der Waals surface area contributed by atoms with E-state index in [1.165, 1.54) is 0 Å². The molecule has 4 nitrogen and oxygen atoms in total. The molecule has 0 amide bonds. The Labute approximate surface area is 77.4 Å². The van der Waals surface area contributed by atoms with E-state index in [0.29, 0.717) is 0 Å². The molecule has 0 aliphatic rings. The molecule has 0 aliphatic heterocycles. The average Bonchev–Trinajstić information content (AvgIpc) is 2.34. The molecule has 5 heteroatoms. The van der Waals surface area contributed by atoms with Gasteiger partial charge in [-0.1, -0.05) is 22.6 Å². The number of carboxylic acid groups (broad SMARTS) is 1. The first-order valence-electron chi connectivity index (χ1n) is 3.02. The van der Waals surface area contributed by atoms with Crippen LogP contribution >= 0.6 is 22.6 Å². The van der Waals surface area contributed by atoms with Gasteiger partial charge in [-0.2, -0.15) is 0 Å². The second kappa shape index (κ2) is 3.70. The lowest BCUT2D eigenvalue weighted by Crippen LogP contribution is -2.10. The third-order valence-corrected chi connectivity index (χ3v) is 1.91. The first kappa shape index (κ1) is 8.51. The highest BCUT2D eigenvalue weighted by molar-refractivity contribution is 14.1. The fourth-order valence-corrected chi connectivity index (χ4v) is 1.40. The number of alkyl halides is 1. The molecule has 1 aromatic heterocycles. The van der Waals surface area contributed by atoms with Crippen LogP contribution in [-0.2, 0) is 15.8 Å². The van der Waals surface area contributed by atoms with Crippen LogP contribution in [0.1, 0.15) is 5.82 Å². The number of nitrogens with zero attached hydrogens (tertiary/aromatic N) is 2. The van der Waals surface area contributed by atoms with Gasteiger partial charge in [0.15, 0.2) is 0 Å². The van der Waals surface area contributed by atoms with Crippen LogP contribution in [0.4, 0.5) is 0 Å². The smallest absolute Gasteiger partial charge is 0.323 e. The topological polar surface area (TPSA) is 55.1 Å². The molecule has 1 rings (SSSR count). The van der Waals surface area contributed by atoms with E-state index < -0.39 is 5.97 Å². The van der Waals surface area contributed by atoms with Crippen molar-refractivity contribution in [2.45, 2.75) is 11.0 Å². The van der Waals surface area contributed by atoms with Crippen LogP contribution in [0.3, 0.4) is 0 Å². The van der Waals surface area contributed by atoms with Crippen molar-refractivity contribution in [3.05, 3.63) is 18.2 Å². The predicted molar refractivity (Wildman–Crippen MR) is 47.6 cm³/mol. The molecule has 0 atom stereocenters. The summed E-state index contributed by atoms with van der Waals surface area (Å²) in [4.78, 5) is 14.3. The predicted octanol–water partition coefficient (Wildman–Crippen LogP) is 0.903. The molecule has 0 saturated heterocycles. The first-order chi connectivity index (χ1) is 5.24. The van der Waals surface area contributed by atoms with Crippen molar-refractivity contribution < 1.29 is 9.90 Å². The largest absolute Gasteiger partial charge is 0.480 e. The van der Waals surface area contributed by atoms with Crippen LogP contribution in [0.5, 0.6) is 0 Å². The van der Waals surface area contributed by atoms with Gasteiger partial charge in [-0.15, -0.1) is 0 Å². The zero-order valence-electron chi connectivity index (χ0n) is 5.70.